The largest absolute Gasteiger partial charge is 0.368 e. The van der Waals surface area contributed by atoms with Crippen molar-refractivity contribution in [3.8, 4) is 0 Å². The van der Waals surface area contributed by atoms with Crippen molar-refractivity contribution in [3.63, 3.8) is 0 Å². The van der Waals surface area contributed by atoms with Gasteiger partial charge in [-0.25, -0.2) is 0 Å². The second-order valence-corrected chi connectivity index (χ2v) is 5.21. The summed E-state index contributed by atoms with van der Waals surface area (Å²) < 4.78 is 0. The molecule has 100 valence electrons. The first-order valence-corrected chi connectivity index (χ1v) is 6.81. The van der Waals surface area contributed by atoms with Crippen molar-refractivity contribution in [3.05, 3.63) is 0 Å². The lowest BCUT2D eigenvalue weighted by molar-refractivity contribution is -0.126. The summed E-state index contributed by atoms with van der Waals surface area (Å²) >= 11 is 0. The maximum atomic E-state index is 11.7. The van der Waals surface area contributed by atoms with Crippen LogP contribution in [0.4, 0.5) is 0 Å². The van der Waals surface area contributed by atoms with E-state index in [1.807, 2.05) is 6.92 Å². The van der Waals surface area contributed by atoms with Gasteiger partial charge < -0.3 is 16.0 Å². The summed E-state index contributed by atoms with van der Waals surface area (Å²) in [5.74, 6) is -0.186. The van der Waals surface area contributed by atoms with Crippen LogP contribution in [0.3, 0.4) is 0 Å². The van der Waals surface area contributed by atoms with Crippen LogP contribution in [0.15, 0.2) is 0 Å². The zero-order chi connectivity index (χ0) is 12.9. The zero-order valence-corrected chi connectivity index (χ0v) is 11.5. The first-order chi connectivity index (χ1) is 8.05. The lowest BCUT2D eigenvalue weighted by Crippen LogP contribution is -2.60. The molecule has 0 aliphatic heterocycles. The Morgan fingerprint density at radius 3 is 2.76 bits per heavy atom. The van der Waals surface area contributed by atoms with Crippen molar-refractivity contribution in [1.29, 1.82) is 0 Å². The van der Waals surface area contributed by atoms with E-state index in [4.69, 9.17) is 5.73 Å². The van der Waals surface area contributed by atoms with Crippen LogP contribution in [0.2, 0.25) is 0 Å². The molecular formula is C13H27N3O. The molecule has 4 heteroatoms. The number of nitrogens with zero attached hydrogens (tertiary/aromatic N) is 1. The summed E-state index contributed by atoms with van der Waals surface area (Å²) in [6.07, 6.45) is 5.14. The zero-order valence-electron chi connectivity index (χ0n) is 11.5. The predicted octanol–water partition coefficient (Wildman–Crippen LogP) is 1.10. The highest BCUT2D eigenvalue weighted by Gasteiger charge is 2.41. The number of nitrogens with two attached hydrogens (primary N) is 1. The Morgan fingerprint density at radius 2 is 2.24 bits per heavy atom. The Morgan fingerprint density at radius 1 is 1.53 bits per heavy atom. The van der Waals surface area contributed by atoms with Crippen molar-refractivity contribution >= 4 is 5.91 Å². The van der Waals surface area contributed by atoms with Crippen molar-refractivity contribution in [2.45, 2.75) is 57.5 Å². The van der Waals surface area contributed by atoms with Crippen LogP contribution < -0.4 is 11.1 Å². The molecule has 1 rings (SSSR count). The van der Waals surface area contributed by atoms with E-state index in [0.717, 1.165) is 38.8 Å². The van der Waals surface area contributed by atoms with Gasteiger partial charge in [-0.05, 0) is 52.2 Å². The number of amides is 1. The van der Waals surface area contributed by atoms with Gasteiger partial charge in [0.15, 0.2) is 0 Å². The van der Waals surface area contributed by atoms with Gasteiger partial charge in [-0.1, -0.05) is 13.8 Å². The Bertz CT molecular complexity index is 253. The lowest BCUT2D eigenvalue weighted by Gasteiger charge is -2.42. The fourth-order valence-corrected chi connectivity index (χ4v) is 2.97. The molecule has 1 saturated carbocycles. The third kappa shape index (κ3) is 3.42. The molecule has 2 atom stereocenters. The summed E-state index contributed by atoms with van der Waals surface area (Å²) in [4.78, 5) is 14.1. The molecule has 0 heterocycles. The number of nitrogens with one attached hydrogen (secondary N) is 1. The van der Waals surface area contributed by atoms with Crippen molar-refractivity contribution in [1.82, 2.24) is 10.2 Å². The molecule has 0 aromatic carbocycles. The Hall–Kier alpha value is -0.610. The minimum atomic E-state index is -0.473. The molecule has 0 aromatic heterocycles. The number of carbonyl (C=O) groups excluding carboxylic acids is 1. The third-order valence-electron chi connectivity index (χ3n) is 3.91. The fraction of sp³-hybridized carbons (Fsp3) is 0.923. The normalized spacial score (nSPS) is 29.5. The molecule has 4 nitrogen and oxygen atoms in total. The average molecular weight is 241 g/mol. The van der Waals surface area contributed by atoms with E-state index in [1.54, 1.807) is 0 Å². The van der Waals surface area contributed by atoms with E-state index < -0.39 is 5.54 Å². The second-order valence-electron chi connectivity index (χ2n) is 5.21. The Kier molecular flexibility index (Phi) is 5.40. The Labute approximate surface area is 105 Å². The van der Waals surface area contributed by atoms with E-state index >= 15 is 0 Å². The molecule has 17 heavy (non-hydrogen) atoms. The van der Waals surface area contributed by atoms with Gasteiger partial charge in [0.05, 0.1) is 5.54 Å². The fourth-order valence-electron chi connectivity index (χ4n) is 2.97. The number of hydrogen-bond donors (Lipinski definition) is 2. The van der Waals surface area contributed by atoms with E-state index in [-0.39, 0.29) is 5.91 Å². The van der Waals surface area contributed by atoms with Crippen LogP contribution in [-0.2, 0) is 4.79 Å². The van der Waals surface area contributed by atoms with Gasteiger partial charge in [0.2, 0.25) is 5.91 Å². The number of likely N-dealkylation sites (N-methyl/N-ethyl adjacent to an activating group) is 1. The standard InChI is InChI=1S/C13H27N3O/c1-4-9-16(3)11-7-6-8-13(10-11,12(14)17)15-5-2/h11,15H,4-10H2,1-3H3,(H2,14,17). The number of rotatable bonds is 6. The van der Waals surface area contributed by atoms with E-state index in [1.165, 1.54) is 6.42 Å². The SMILES string of the molecule is CCCN(C)C1CCCC(NCC)(C(N)=O)C1. The number of hydrogen-bond acceptors (Lipinski definition) is 3. The first kappa shape index (κ1) is 14.5. The smallest absolute Gasteiger partial charge is 0.237 e. The van der Waals surface area contributed by atoms with E-state index in [0.29, 0.717) is 6.04 Å². The monoisotopic (exact) mass is 241 g/mol. The molecule has 0 aromatic rings. The third-order valence-corrected chi connectivity index (χ3v) is 3.91. The highest BCUT2D eigenvalue weighted by atomic mass is 16.1. The maximum absolute atomic E-state index is 11.7. The van der Waals surface area contributed by atoms with E-state index in [9.17, 15) is 4.79 Å². The molecule has 0 saturated heterocycles. The summed E-state index contributed by atoms with van der Waals surface area (Å²) in [6.45, 7) is 6.10. The average Bonchev–Trinajstić information content (AvgIpc) is 2.30. The van der Waals surface area contributed by atoms with E-state index in [2.05, 4.69) is 24.2 Å². The van der Waals surface area contributed by atoms with Gasteiger partial charge in [0.1, 0.15) is 0 Å². The van der Waals surface area contributed by atoms with Gasteiger partial charge in [-0.15, -0.1) is 0 Å². The summed E-state index contributed by atoms with van der Waals surface area (Å²) in [7, 11) is 2.15. The number of carbonyl (C=O) groups is 1. The molecule has 1 aliphatic carbocycles. The van der Waals surface area contributed by atoms with Crippen molar-refractivity contribution in [2.24, 2.45) is 5.73 Å². The molecule has 0 radical (unpaired) electrons. The van der Waals surface area contributed by atoms with Crippen LogP contribution >= 0.6 is 0 Å². The lowest BCUT2D eigenvalue weighted by atomic mass is 9.77. The van der Waals surface area contributed by atoms with Gasteiger partial charge in [-0.3, -0.25) is 4.79 Å². The molecule has 3 N–H and O–H groups in total. The highest BCUT2D eigenvalue weighted by Crippen LogP contribution is 2.30. The van der Waals surface area contributed by atoms with Crippen molar-refractivity contribution < 1.29 is 4.79 Å². The minimum absolute atomic E-state index is 0.186. The summed E-state index contributed by atoms with van der Waals surface area (Å²) in [5.41, 5.74) is 5.13. The molecular weight excluding hydrogens is 214 g/mol. The van der Waals surface area contributed by atoms with Crippen LogP contribution in [0.5, 0.6) is 0 Å². The number of primary amides is 1. The van der Waals surface area contributed by atoms with Gasteiger partial charge in [0, 0.05) is 6.04 Å². The van der Waals surface area contributed by atoms with Crippen LogP contribution in [-0.4, -0.2) is 42.5 Å². The highest BCUT2D eigenvalue weighted by molar-refractivity contribution is 5.84. The second kappa shape index (κ2) is 6.36. The van der Waals surface area contributed by atoms with Crippen LogP contribution in [0, 0.1) is 0 Å². The summed E-state index contributed by atoms with van der Waals surface area (Å²) in [6, 6.07) is 0.482. The molecule has 0 spiro atoms. The molecule has 0 bridgehead atoms. The van der Waals surface area contributed by atoms with Gasteiger partial charge in [-0.2, -0.15) is 0 Å². The topological polar surface area (TPSA) is 58.4 Å². The quantitative estimate of drug-likeness (QED) is 0.732. The predicted molar refractivity (Wildman–Crippen MR) is 70.8 cm³/mol. The van der Waals surface area contributed by atoms with Gasteiger partial charge in [0.25, 0.3) is 0 Å². The molecule has 1 fully saturated rings. The Balaban J connectivity index is 2.71. The molecule has 2 unspecified atom stereocenters. The van der Waals surface area contributed by atoms with Gasteiger partial charge >= 0.3 is 0 Å². The van der Waals surface area contributed by atoms with Crippen molar-refractivity contribution in [2.75, 3.05) is 20.1 Å². The molecule has 1 amide bonds. The van der Waals surface area contributed by atoms with Crippen LogP contribution in [0.1, 0.15) is 46.0 Å². The summed E-state index contributed by atoms with van der Waals surface area (Å²) in [5, 5.41) is 3.32. The van der Waals surface area contributed by atoms with Crippen LogP contribution in [0.25, 0.3) is 0 Å². The minimum Gasteiger partial charge on any atom is -0.368 e. The molecule has 1 aliphatic rings. The maximum Gasteiger partial charge on any atom is 0.237 e. The first-order valence-electron chi connectivity index (χ1n) is 6.81.